The van der Waals surface area contributed by atoms with Crippen LogP contribution in [0.1, 0.15) is 62.9 Å². The number of carbonyl (C=O) groups is 3. The first-order chi connectivity index (χ1) is 16.7. The molecule has 0 aromatic heterocycles. The summed E-state index contributed by atoms with van der Waals surface area (Å²) in [5.74, 6) is -0.659. The van der Waals surface area contributed by atoms with Gasteiger partial charge in [-0.25, -0.2) is 4.79 Å². The van der Waals surface area contributed by atoms with E-state index in [-0.39, 0.29) is 24.1 Å². The quantitative estimate of drug-likeness (QED) is 0.507. The number of carbonyl (C=O) groups excluding carboxylic acids is 3. The number of ether oxygens (including phenoxy) is 1. The largest absolute Gasteiger partial charge is 0.508 e. The van der Waals surface area contributed by atoms with Crippen LogP contribution in [0.4, 0.5) is 4.79 Å². The molecule has 3 N–H and O–H groups in total. The number of likely N-dealkylation sites (N-methyl/N-ethyl adjacent to an activating group) is 1. The molecule has 0 saturated heterocycles. The van der Waals surface area contributed by atoms with E-state index in [0.717, 1.165) is 16.7 Å². The van der Waals surface area contributed by atoms with E-state index in [1.54, 1.807) is 40.0 Å². The minimum atomic E-state index is -1.01. The second kappa shape index (κ2) is 11.9. The fourth-order valence-electron chi connectivity index (χ4n) is 3.85. The van der Waals surface area contributed by atoms with Crippen molar-refractivity contribution >= 4 is 17.9 Å². The Labute approximate surface area is 214 Å². The van der Waals surface area contributed by atoms with E-state index >= 15 is 0 Å². The van der Waals surface area contributed by atoms with Crippen LogP contribution in [0, 0.1) is 13.8 Å². The molecule has 2 rings (SSSR count). The molecule has 8 heteroatoms. The highest BCUT2D eigenvalue weighted by Crippen LogP contribution is 2.27. The van der Waals surface area contributed by atoms with Crippen LogP contribution in [0.15, 0.2) is 42.5 Å². The number of benzene rings is 2. The minimum absolute atomic E-state index is 0.0965. The van der Waals surface area contributed by atoms with Gasteiger partial charge in [-0.05, 0) is 82.9 Å². The summed E-state index contributed by atoms with van der Waals surface area (Å²) in [5, 5.41) is 15.2. The highest BCUT2D eigenvalue weighted by molar-refractivity contribution is 5.92. The number of nitrogens with one attached hydrogen (secondary N) is 2. The Bertz CT molecular complexity index is 1070. The first-order valence-electron chi connectivity index (χ1n) is 12.1. The van der Waals surface area contributed by atoms with Crippen LogP contribution < -0.4 is 10.6 Å². The Balaban J connectivity index is 2.46. The van der Waals surface area contributed by atoms with Crippen molar-refractivity contribution in [2.45, 2.75) is 78.6 Å². The third-order valence-electron chi connectivity index (χ3n) is 5.72. The summed E-state index contributed by atoms with van der Waals surface area (Å²) in [6, 6.07) is 10.0. The van der Waals surface area contributed by atoms with E-state index in [1.807, 2.05) is 45.9 Å². The summed E-state index contributed by atoms with van der Waals surface area (Å²) in [7, 11) is 1.56. The van der Waals surface area contributed by atoms with Crippen LogP contribution in [0.5, 0.6) is 5.75 Å². The maximum absolute atomic E-state index is 13.8. The number of aryl methyl sites for hydroxylation is 1. The summed E-state index contributed by atoms with van der Waals surface area (Å²) in [6.45, 7) is 12.8. The first kappa shape index (κ1) is 28.7. The van der Waals surface area contributed by atoms with Gasteiger partial charge in [0.25, 0.3) is 0 Å². The lowest BCUT2D eigenvalue weighted by atomic mass is 9.95. The van der Waals surface area contributed by atoms with Gasteiger partial charge >= 0.3 is 6.09 Å². The van der Waals surface area contributed by atoms with Crippen LogP contribution >= 0.6 is 0 Å². The standard InChI is InChI=1S/C28H39N3O5/c1-17(2)29-25(33)24(22-11-9-10-18(3)19(22)4)31(8)26(34)23(30-27(35)36-28(5,6)7)16-20-12-14-21(32)15-13-20/h9-15,17,23-24,32H,16H2,1-8H3,(H,29,33)(H,30,35). The van der Waals surface area contributed by atoms with Gasteiger partial charge in [-0.3, -0.25) is 9.59 Å². The lowest BCUT2D eigenvalue weighted by molar-refractivity contribution is -0.141. The zero-order valence-corrected chi connectivity index (χ0v) is 22.5. The Hall–Kier alpha value is -3.55. The number of aromatic hydroxyl groups is 1. The molecule has 0 aliphatic rings. The second-order valence-electron chi connectivity index (χ2n) is 10.4. The van der Waals surface area contributed by atoms with Crippen molar-refractivity contribution in [1.29, 1.82) is 0 Å². The summed E-state index contributed by atoms with van der Waals surface area (Å²) in [4.78, 5) is 41.2. The van der Waals surface area contributed by atoms with Gasteiger partial charge in [-0.15, -0.1) is 0 Å². The molecule has 196 valence electrons. The van der Waals surface area contributed by atoms with Crippen molar-refractivity contribution in [2.24, 2.45) is 0 Å². The van der Waals surface area contributed by atoms with Crippen LogP contribution in [0.25, 0.3) is 0 Å². The zero-order chi connectivity index (χ0) is 27.2. The van der Waals surface area contributed by atoms with Gasteiger partial charge in [0.2, 0.25) is 11.8 Å². The molecule has 0 fully saturated rings. The molecule has 0 spiro atoms. The molecule has 0 bridgehead atoms. The van der Waals surface area contributed by atoms with Crippen LogP contribution in [0.3, 0.4) is 0 Å². The van der Waals surface area contributed by atoms with E-state index in [4.69, 9.17) is 4.74 Å². The first-order valence-corrected chi connectivity index (χ1v) is 12.1. The Morgan fingerprint density at radius 1 is 1.00 bits per heavy atom. The number of phenols is 1. The van der Waals surface area contributed by atoms with Gasteiger partial charge in [0, 0.05) is 19.5 Å². The Morgan fingerprint density at radius 2 is 1.61 bits per heavy atom. The molecule has 2 aromatic rings. The highest BCUT2D eigenvalue weighted by Gasteiger charge is 2.35. The summed E-state index contributed by atoms with van der Waals surface area (Å²) in [5.41, 5.74) is 2.61. The van der Waals surface area contributed by atoms with Crippen LogP contribution in [-0.2, 0) is 20.7 Å². The van der Waals surface area contributed by atoms with Crippen molar-refractivity contribution in [3.8, 4) is 5.75 Å². The average molecular weight is 498 g/mol. The molecular weight excluding hydrogens is 458 g/mol. The summed E-state index contributed by atoms with van der Waals surface area (Å²) >= 11 is 0. The molecule has 2 atom stereocenters. The van der Waals surface area contributed by atoms with Crippen molar-refractivity contribution in [3.05, 3.63) is 64.7 Å². The number of rotatable bonds is 8. The zero-order valence-electron chi connectivity index (χ0n) is 22.5. The number of hydrogen-bond acceptors (Lipinski definition) is 5. The van der Waals surface area contributed by atoms with Gasteiger partial charge in [0.05, 0.1) is 0 Å². The molecule has 3 amide bonds. The Morgan fingerprint density at radius 3 is 2.17 bits per heavy atom. The lowest BCUT2D eigenvalue weighted by Gasteiger charge is -2.33. The molecule has 0 aliphatic carbocycles. The SMILES string of the molecule is Cc1cccc(C(C(=O)NC(C)C)N(C)C(=O)C(Cc2ccc(O)cc2)NC(=O)OC(C)(C)C)c1C. The number of hydrogen-bond donors (Lipinski definition) is 3. The predicted molar refractivity (Wildman–Crippen MR) is 140 cm³/mol. The van der Waals surface area contributed by atoms with Gasteiger partial charge < -0.3 is 25.4 Å². The van der Waals surface area contributed by atoms with Gasteiger partial charge in [0.15, 0.2) is 0 Å². The third kappa shape index (κ3) is 8.00. The highest BCUT2D eigenvalue weighted by atomic mass is 16.6. The average Bonchev–Trinajstić information content (AvgIpc) is 2.75. The fourth-order valence-corrected chi connectivity index (χ4v) is 3.85. The number of nitrogens with zero attached hydrogens (tertiary/aromatic N) is 1. The molecule has 0 radical (unpaired) electrons. The maximum atomic E-state index is 13.8. The third-order valence-corrected chi connectivity index (χ3v) is 5.72. The van der Waals surface area contributed by atoms with E-state index in [0.29, 0.717) is 5.56 Å². The van der Waals surface area contributed by atoms with Gasteiger partial charge in [-0.2, -0.15) is 0 Å². The fraction of sp³-hybridized carbons (Fsp3) is 0.464. The van der Waals surface area contributed by atoms with Crippen molar-refractivity contribution in [1.82, 2.24) is 15.5 Å². The summed E-state index contributed by atoms with van der Waals surface area (Å²) in [6.07, 6.45) is -0.587. The summed E-state index contributed by atoms with van der Waals surface area (Å²) < 4.78 is 5.39. The predicted octanol–water partition coefficient (Wildman–Crippen LogP) is 4.17. The van der Waals surface area contributed by atoms with Gasteiger partial charge in [-0.1, -0.05) is 30.3 Å². The monoisotopic (exact) mass is 497 g/mol. The van der Waals surface area contributed by atoms with E-state index in [1.165, 1.54) is 17.0 Å². The smallest absolute Gasteiger partial charge is 0.408 e. The molecule has 0 saturated carbocycles. The molecule has 8 nitrogen and oxygen atoms in total. The molecule has 2 aromatic carbocycles. The normalized spacial score (nSPS) is 13.0. The van der Waals surface area contributed by atoms with Crippen molar-refractivity contribution < 1.29 is 24.2 Å². The second-order valence-corrected chi connectivity index (χ2v) is 10.4. The lowest BCUT2D eigenvalue weighted by Crippen LogP contribution is -2.53. The van der Waals surface area contributed by atoms with Crippen molar-refractivity contribution in [2.75, 3.05) is 7.05 Å². The number of alkyl carbamates (subject to hydrolysis) is 1. The molecule has 0 heterocycles. The topological polar surface area (TPSA) is 108 Å². The molecule has 36 heavy (non-hydrogen) atoms. The van der Waals surface area contributed by atoms with Gasteiger partial charge in [0.1, 0.15) is 23.4 Å². The molecular formula is C28H39N3O5. The molecule has 2 unspecified atom stereocenters. The van der Waals surface area contributed by atoms with E-state index in [9.17, 15) is 19.5 Å². The minimum Gasteiger partial charge on any atom is -0.508 e. The van der Waals surface area contributed by atoms with E-state index < -0.39 is 29.7 Å². The van der Waals surface area contributed by atoms with Crippen LogP contribution in [-0.4, -0.2) is 52.6 Å². The van der Waals surface area contributed by atoms with Crippen LogP contribution in [0.2, 0.25) is 0 Å². The maximum Gasteiger partial charge on any atom is 0.408 e. The number of amides is 3. The van der Waals surface area contributed by atoms with E-state index in [2.05, 4.69) is 10.6 Å². The molecule has 0 aliphatic heterocycles. The Kier molecular flexibility index (Phi) is 9.50. The number of phenolic OH excluding ortho intramolecular Hbond substituents is 1. The van der Waals surface area contributed by atoms with Crippen molar-refractivity contribution in [3.63, 3.8) is 0 Å².